The van der Waals surface area contributed by atoms with Crippen LogP contribution in [0.25, 0.3) is 0 Å². The van der Waals surface area contributed by atoms with Crippen molar-refractivity contribution in [3.8, 4) is 0 Å². The highest BCUT2D eigenvalue weighted by atomic mass is 16.2. The van der Waals surface area contributed by atoms with Gasteiger partial charge in [0.15, 0.2) is 0 Å². The van der Waals surface area contributed by atoms with E-state index in [0.717, 1.165) is 17.8 Å². The van der Waals surface area contributed by atoms with E-state index in [4.69, 9.17) is 5.73 Å². The van der Waals surface area contributed by atoms with Gasteiger partial charge in [-0.2, -0.15) is 5.10 Å². The van der Waals surface area contributed by atoms with Crippen molar-refractivity contribution in [2.24, 2.45) is 12.8 Å². The Kier molecular flexibility index (Phi) is 4.53. The van der Waals surface area contributed by atoms with Crippen molar-refractivity contribution in [3.05, 3.63) is 47.8 Å². The van der Waals surface area contributed by atoms with Gasteiger partial charge in [0.25, 0.3) is 5.91 Å². The van der Waals surface area contributed by atoms with Gasteiger partial charge in [0, 0.05) is 19.3 Å². The Balaban J connectivity index is 2.31. The number of aromatic nitrogens is 2. The normalized spacial score (nSPS) is 10.6. The zero-order valence-electron chi connectivity index (χ0n) is 11.9. The molecule has 1 heterocycles. The third-order valence-electron chi connectivity index (χ3n) is 3.12. The minimum atomic E-state index is -0.0484. The number of hydrogen-bond donors (Lipinski definition) is 1. The van der Waals surface area contributed by atoms with Gasteiger partial charge in [0.2, 0.25) is 0 Å². The van der Waals surface area contributed by atoms with Crippen molar-refractivity contribution in [2.45, 2.75) is 13.3 Å². The topological polar surface area (TPSA) is 64.2 Å². The van der Waals surface area contributed by atoms with Gasteiger partial charge < -0.3 is 10.6 Å². The van der Waals surface area contributed by atoms with Gasteiger partial charge in [-0.3, -0.25) is 9.48 Å². The van der Waals surface area contributed by atoms with E-state index in [1.54, 1.807) is 22.7 Å². The Morgan fingerprint density at radius 2 is 2.05 bits per heavy atom. The van der Waals surface area contributed by atoms with E-state index in [0.29, 0.717) is 18.8 Å². The largest absolute Gasteiger partial charge is 0.330 e. The molecule has 5 nitrogen and oxygen atoms in total. The van der Waals surface area contributed by atoms with Crippen LogP contribution >= 0.6 is 0 Å². The van der Waals surface area contributed by atoms with Crippen LogP contribution in [0.2, 0.25) is 0 Å². The van der Waals surface area contributed by atoms with Gasteiger partial charge in [-0.1, -0.05) is 18.2 Å². The average molecular weight is 272 g/mol. The zero-order valence-corrected chi connectivity index (χ0v) is 11.9. The maximum absolute atomic E-state index is 12.7. The van der Waals surface area contributed by atoms with Crippen molar-refractivity contribution >= 4 is 11.6 Å². The number of rotatable bonds is 5. The van der Waals surface area contributed by atoms with Crippen LogP contribution in [0.15, 0.2) is 36.4 Å². The van der Waals surface area contributed by atoms with Crippen molar-refractivity contribution in [1.29, 1.82) is 0 Å². The Labute approximate surface area is 119 Å². The Morgan fingerprint density at radius 3 is 2.60 bits per heavy atom. The third-order valence-corrected chi connectivity index (χ3v) is 3.12. The molecule has 106 valence electrons. The monoisotopic (exact) mass is 272 g/mol. The number of carbonyl (C=O) groups is 1. The second kappa shape index (κ2) is 6.34. The lowest BCUT2D eigenvalue weighted by atomic mass is 10.2. The van der Waals surface area contributed by atoms with Crippen molar-refractivity contribution in [1.82, 2.24) is 9.78 Å². The fourth-order valence-corrected chi connectivity index (χ4v) is 2.15. The highest BCUT2D eigenvalue weighted by Crippen LogP contribution is 2.17. The molecule has 1 amide bonds. The molecular weight excluding hydrogens is 252 g/mol. The molecule has 0 radical (unpaired) electrons. The molecule has 0 aliphatic carbocycles. The van der Waals surface area contributed by atoms with E-state index in [9.17, 15) is 4.79 Å². The first-order valence-corrected chi connectivity index (χ1v) is 6.71. The SMILES string of the molecule is Cc1cc(C(=O)N(CCCN)c2ccccc2)n(C)n1. The molecule has 1 aromatic carbocycles. The van der Waals surface area contributed by atoms with Crippen LogP contribution in [-0.4, -0.2) is 28.8 Å². The number of carbonyl (C=O) groups excluding carboxylic acids is 1. The third kappa shape index (κ3) is 3.05. The lowest BCUT2D eigenvalue weighted by Gasteiger charge is -2.22. The number of benzene rings is 1. The van der Waals surface area contributed by atoms with Crippen molar-refractivity contribution in [2.75, 3.05) is 18.0 Å². The fraction of sp³-hybridized carbons (Fsp3) is 0.333. The van der Waals surface area contributed by atoms with Gasteiger partial charge in [-0.15, -0.1) is 0 Å². The molecule has 2 N–H and O–H groups in total. The molecule has 0 saturated carbocycles. The van der Waals surface area contributed by atoms with Crippen LogP contribution < -0.4 is 10.6 Å². The van der Waals surface area contributed by atoms with Gasteiger partial charge in [-0.05, 0) is 38.1 Å². The van der Waals surface area contributed by atoms with Crippen LogP contribution in [0.1, 0.15) is 22.6 Å². The number of anilines is 1. The smallest absolute Gasteiger partial charge is 0.276 e. The summed E-state index contributed by atoms with van der Waals surface area (Å²) in [7, 11) is 1.78. The minimum Gasteiger partial charge on any atom is -0.330 e. The number of para-hydroxylation sites is 1. The van der Waals surface area contributed by atoms with E-state index >= 15 is 0 Å². The van der Waals surface area contributed by atoms with Crippen molar-refractivity contribution < 1.29 is 4.79 Å². The van der Waals surface area contributed by atoms with Gasteiger partial charge in [-0.25, -0.2) is 0 Å². The molecule has 5 heteroatoms. The number of hydrogen-bond acceptors (Lipinski definition) is 3. The summed E-state index contributed by atoms with van der Waals surface area (Å²) in [5, 5.41) is 4.23. The molecule has 0 spiro atoms. The van der Waals surface area contributed by atoms with Gasteiger partial charge >= 0.3 is 0 Å². The Morgan fingerprint density at radius 1 is 1.35 bits per heavy atom. The summed E-state index contributed by atoms with van der Waals surface area (Å²) in [5.74, 6) is -0.0484. The molecule has 2 aromatic rings. The molecule has 2 rings (SSSR count). The fourth-order valence-electron chi connectivity index (χ4n) is 2.15. The number of nitrogens with two attached hydrogens (primary N) is 1. The van der Waals surface area contributed by atoms with E-state index < -0.39 is 0 Å². The van der Waals surface area contributed by atoms with Crippen LogP contribution in [-0.2, 0) is 7.05 Å². The quantitative estimate of drug-likeness (QED) is 0.901. The maximum Gasteiger partial charge on any atom is 0.276 e. The molecule has 20 heavy (non-hydrogen) atoms. The average Bonchev–Trinajstić information content (AvgIpc) is 2.79. The maximum atomic E-state index is 12.7. The first kappa shape index (κ1) is 14.3. The lowest BCUT2D eigenvalue weighted by molar-refractivity contribution is 0.0978. The summed E-state index contributed by atoms with van der Waals surface area (Å²) in [6, 6.07) is 11.4. The summed E-state index contributed by atoms with van der Waals surface area (Å²) in [6.45, 7) is 3.04. The van der Waals surface area contributed by atoms with E-state index in [-0.39, 0.29) is 5.91 Å². The van der Waals surface area contributed by atoms with E-state index in [1.807, 2.05) is 37.3 Å². The summed E-state index contributed by atoms with van der Waals surface area (Å²) >= 11 is 0. The van der Waals surface area contributed by atoms with E-state index in [2.05, 4.69) is 5.10 Å². The van der Waals surface area contributed by atoms with Crippen LogP contribution in [0.4, 0.5) is 5.69 Å². The second-order valence-electron chi connectivity index (χ2n) is 4.73. The predicted octanol–water partition coefficient (Wildman–Crippen LogP) is 1.72. The number of nitrogens with zero attached hydrogens (tertiary/aromatic N) is 3. The van der Waals surface area contributed by atoms with Gasteiger partial charge in [0.05, 0.1) is 5.69 Å². The summed E-state index contributed by atoms with van der Waals surface area (Å²) in [5.41, 5.74) is 7.87. The predicted molar refractivity (Wildman–Crippen MR) is 79.7 cm³/mol. The molecular formula is C15H20N4O. The molecule has 0 aliphatic heterocycles. The van der Waals surface area contributed by atoms with E-state index in [1.165, 1.54) is 0 Å². The number of aryl methyl sites for hydroxylation is 2. The lowest BCUT2D eigenvalue weighted by Crippen LogP contribution is -2.34. The Hall–Kier alpha value is -2.14. The summed E-state index contributed by atoms with van der Waals surface area (Å²) < 4.78 is 1.62. The second-order valence-corrected chi connectivity index (χ2v) is 4.73. The summed E-state index contributed by atoms with van der Waals surface area (Å²) in [4.78, 5) is 14.5. The zero-order chi connectivity index (χ0) is 14.5. The molecule has 0 saturated heterocycles. The standard InChI is InChI=1S/C15H20N4O/c1-12-11-14(18(2)17-12)15(20)19(10-6-9-16)13-7-4-3-5-8-13/h3-5,7-8,11H,6,9-10,16H2,1-2H3. The number of amides is 1. The molecule has 0 unspecified atom stereocenters. The first-order chi connectivity index (χ1) is 9.63. The van der Waals surface area contributed by atoms with Gasteiger partial charge in [0.1, 0.15) is 5.69 Å². The Bertz CT molecular complexity index is 577. The molecule has 0 fully saturated rings. The minimum absolute atomic E-state index is 0.0484. The first-order valence-electron chi connectivity index (χ1n) is 6.71. The highest BCUT2D eigenvalue weighted by molar-refractivity contribution is 6.05. The molecule has 0 atom stereocenters. The highest BCUT2D eigenvalue weighted by Gasteiger charge is 2.20. The molecule has 0 aliphatic rings. The molecule has 0 bridgehead atoms. The van der Waals surface area contributed by atoms with Crippen LogP contribution in [0, 0.1) is 6.92 Å². The summed E-state index contributed by atoms with van der Waals surface area (Å²) in [6.07, 6.45) is 0.761. The molecule has 1 aromatic heterocycles. The van der Waals surface area contributed by atoms with Crippen LogP contribution in [0.3, 0.4) is 0 Å². The van der Waals surface area contributed by atoms with Crippen molar-refractivity contribution in [3.63, 3.8) is 0 Å². The van der Waals surface area contributed by atoms with Crippen LogP contribution in [0.5, 0.6) is 0 Å².